The maximum absolute atomic E-state index is 12.6. The standard InChI is InChI=1S/C22H27BrN6O/c1-16-20(18(3)29(25-16)19-7-5-4-6-8-19)13-26-9-11-27(12-10-26)22(30)15-28-14-21(23)17(2)24-28/h4-8,14H,9-13,15H2,1-3H3. The quantitative estimate of drug-likeness (QED) is 0.574. The first-order chi connectivity index (χ1) is 14.4. The Labute approximate surface area is 185 Å². The molecule has 4 rings (SSSR count). The van der Waals surface area contributed by atoms with Gasteiger partial charge in [-0.1, -0.05) is 18.2 Å². The van der Waals surface area contributed by atoms with Crippen molar-refractivity contribution in [3.8, 4) is 5.69 Å². The van der Waals surface area contributed by atoms with E-state index in [1.165, 1.54) is 11.3 Å². The van der Waals surface area contributed by atoms with Gasteiger partial charge in [-0.3, -0.25) is 14.4 Å². The van der Waals surface area contributed by atoms with Crippen LogP contribution in [0.25, 0.3) is 5.69 Å². The van der Waals surface area contributed by atoms with Crippen molar-refractivity contribution in [1.82, 2.24) is 29.4 Å². The van der Waals surface area contributed by atoms with Crippen LogP contribution in [0.15, 0.2) is 41.0 Å². The lowest BCUT2D eigenvalue weighted by Gasteiger charge is -2.34. The predicted octanol–water partition coefficient (Wildman–Crippen LogP) is 3.10. The molecule has 3 aromatic rings. The minimum Gasteiger partial charge on any atom is -0.339 e. The lowest BCUT2D eigenvalue weighted by Crippen LogP contribution is -2.49. The summed E-state index contributed by atoms with van der Waals surface area (Å²) < 4.78 is 4.66. The molecule has 0 aliphatic carbocycles. The number of aromatic nitrogens is 4. The summed E-state index contributed by atoms with van der Waals surface area (Å²) in [5.74, 6) is 0.119. The second-order valence-corrected chi connectivity index (χ2v) is 8.67. The second kappa shape index (κ2) is 8.73. The molecule has 8 heteroatoms. The maximum atomic E-state index is 12.6. The zero-order valence-corrected chi connectivity index (χ0v) is 19.3. The highest BCUT2D eigenvalue weighted by Gasteiger charge is 2.23. The van der Waals surface area contributed by atoms with Crippen LogP contribution in [0.1, 0.15) is 22.6 Å². The van der Waals surface area contributed by atoms with Gasteiger partial charge in [-0.05, 0) is 48.8 Å². The fourth-order valence-corrected chi connectivity index (χ4v) is 4.23. The van der Waals surface area contributed by atoms with Crippen LogP contribution >= 0.6 is 15.9 Å². The largest absolute Gasteiger partial charge is 0.339 e. The first-order valence-corrected chi connectivity index (χ1v) is 11.0. The van der Waals surface area contributed by atoms with Gasteiger partial charge >= 0.3 is 0 Å². The van der Waals surface area contributed by atoms with Crippen molar-refractivity contribution in [2.24, 2.45) is 0 Å². The van der Waals surface area contributed by atoms with Gasteiger partial charge in [0.1, 0.15) is 6.54 Å². The van der Waals surface area contributed by atoms with Crippen molar-refractivity contribution < 1.29 is 4.79 Å². The number of para-hydroxylation sites is 1. The molecule has 0 saturated carbocycles. The van der Waals surface area contributed by atoms with E-state index in [1.54, 1.807) is 4.68 Å². The molecule has 0 bridgehead atoms. The Morgan fingerprint density at radius 3 is 2.33 bits per heavy atom. The minimum absolute atomic E-state index is 0.119. The monoisotopic (exact) mass is 470 g/mol. The van der Waals surface area contributed by atoms with E-state index < -0.39 is 0 Å². The average Bonchev–Trinajstić information content (AvgIpc) is 3.21. The van der Waals surface area contributed by atoms with E-state index in [0.717, 1.165) is 54.3 Å². The molecule has 0 N–H and O–H groups in total. The molecule has 0 unspecified atom stereocenters. The highest BCUT2D eigenvalue weighted by atomic mass is 79.9. The summed E-state index contributed by atoms with van der Waals surface area (Å²) in [5, 5.41) is 9.12. The van der Waals surface area contributed by atoms with Crippen molar-refractivity contribution in [3.63, 3.8) is 0 Å². The highest BCUT2D eigenvalue weighted by Crippen LogP contribution is 2.20. The number of carbonyl (C=O) groups is 1. The number of nitrogens with zero attached hydrogens (tertiary/aromatic N) is 6. The fourth-order valence-electron chi connectivity index (χ4n) is 3.92. The molecular weight excluding hydrogens is 444 g/mol. The van der Waals surface area contributed by atoms with Crippen molar-refractivity contribution in [3.05, 3.63) is 63.6 Å². The number of benzene rings is 1. The molecule has 30 heavy (non-hydrogen) atoms. The van der Waals surface area contributed by atoms with E-state index in [-0.39, 0.29) is 12.5 Å². The first-order valence-electron chi connectivity index (χ1n) is 10.2. The third-order valence-corrected chi connectivity index (χ3v) is 6.51. The Morgan fingerprint density at radius 2 is 1.70 bits per heavy atom. The summed E-state index contributed by atoms with van der Waals surface area (Å²) in [6, 6.07) is 10.2. The summed E-state index contributed by atoms with van der Waals surface area (Å²) in [6.07, 6.45) is 1.86. The SMILES string of the molecule is Cc1nn(CC(=O)N2CCN(Cc3c(C)nn(-c4ccccc4)c3C)CC2)cc1Br. The molecule has 1 amide bonds. The molecule has 3 heterocycles. The van der Waals surface area contributed by atoms with Crippen LogP contribution in [0.3, 0.4) is 0 Å². The molecule has 1 aliphatic rings. The summed E-state index contributed by atoms with van der Waals surface area (Å²) in [7, 11) is 0. The second-order valence-electron chi connectivity index (χ2n) is 7.81. The maximum Gasteiger partial charge on any atom is 0.244 e. The molecule has 1 aromatic carbocycles. The third kappa shape index (κ3) is 4.34. The molecule has 7 nitrogen and oxygen atoms in total. The Hall–Kier alpha value is -2.45. The molecule has 0 radical (unpaired) electrons. The van der Waals surface area contributed by atoms with Crippen LogP contribution in [0.5, 0.6) is 0 Å². The number of amides is 1. The van der Waals surface area contributed by atoms with Crippen LogP contribution in [0.4, 0.5) is 0 Å². The zero-order valence-electron chi connectivity index (χ0n) is 17.7. The Kier molecular flexibility index (Phi) is 6.06. The van der Waals surface area contributed by atoms with Gasteiger partial charge in [-0.15, -0.1) is 0 Å². The van der Waals surface area contributed by atoms with Crippen molar-refractivity contribution >= 4 is 21.8 Å². The van der Waals surface area contributed by atoms with Crippen LogP contribution in [-0.2, 0) is 17.9 Å². The van der Waals surface area contributed by atoms with E-state index in [1.807, 2.05) is 40.9 Å². The normalized spacial score (nSPS) is 15.0. The van der Waals surface area contributed by atoms with E-state index in [9.17, 15) is 4.79 Å². The molecule has 1 saturated heterocycles. The van der Waals surface area contributed by atoms with Gasteiger partial charge in [-0.2, -0.15) is 10.2 Å². The Balaban J connectivity index is 1.36. The Morgan fingerprint density at radius 1 is 1.00 bits per heavy atom. The van der Waals surface area contributed by atoms with Gasteiger partial charge in [-0.25, -0.2) is 4.68 Å². The fraction of sp³-hybridized carbons (Fsp3) is 0.409. The molecular formula is C22H27BrN6O. The summed E-state index contributed by atoms with van der Waals surface area (Å²) in [6.45, 7) is 10.5. The highest BCUT2D eigenvalue weighted by molar-refractivity contribution is 9.10. The van der Waals surface area contributed by atoms with Crippen molar-refractivity contribution in [1.29, 1.82) is 0 Å². The number of rotatable bonds is 5. The number of hydrogen-bond acceptors (Lipinski definition) is 4. The molecule has 0 atom stereocenters. The van der Waals surface area contributed by atoms with Gasteiger partial charge in [0.2, 0.25) is 5.91 Å². The minimum atomic E-state index is 0.119. The number of hydrogen-bond donors (Lipinski definition) is 0. The van der Waals surface area contributed by atoms with E-state index in [4.69, 9.17) is 5.10 Å². The van der Waals surface area contributed by atoms with Crippen LogP contribution in [0.2, 0.25) is 0 Å². The van der Waals surface area contributed by atoms with Crippen LogP contribution in [0, 0.1) is 20.8 Å². The first kappa shape index (κ1) is 20.8. The number of piperazine rings is 1. The lowest BCUT2D eigenvalue weighted by molar-refractivity contribution is -0.133. The van der Waals surface area contributed by atoms with E-state index >= 15 is 0 Å². The Bertz CT molecular complexity index is 1010. The van der Waals surface area contributed by atoms with Gasteiger partial charge < -0.3 is 4.90 Å². The van der Waals surface area contributed by atoms with Crippen LogP contribution < -0.4 is 0 Å². The summed E-state index contributed by atoms with van der Waals surface area (Å²) >= 11 is 3.45. The van der Waals surface area contributed by atoms with Crippen LogP contribution in [-0.4, -0.2) is 61.4 Å². The molecule has 1 aliphatic heterocycles. The van der Waals surface area contributed by atoms with E-state index in [0.29, 0.717) is 0 Å². The smallest absolute Gasteiger partial charge is 0.244 e. The number of aryl methyl sites for hydroxylation is 2. The topological polar surface area (TPSA) is 59.2 Å². The van der Waals surface area contributed by atoms with Crippen molar-refractivity contribution in [2.45, 2.75) is 33.9 Å². The molecule has 1 fully saturated rings. The van der Waals surface area contributed by atoms with Gasteiger partial charge in [0.15, 0.2) is 0 Å². The van der Waals surface area contributed by atoms with Gasteiger partial charge in [0.05, 0.1) is 21.5 Å². The number of halogens is 1. The molecule has 158 valence electrons. The molecule has 0 spiro atoms. The zero-order chi connectivity index (χ0) is 21.3. The van der Waals surface area contributed by atoms with E-state index in [2.05, 4.69) is 51.9 Å². The molecule has 2 aromatic heterocycles. The predicted molar refractivity (Wildman–Crippen MR) is 120 cm³/mol. The summed E-state index contributed by atoms with van der Waals surface area (Å²) in [4.78, 5) is 17.0. The lowest BCUT2D eigenvalue weighted by atomic mass is 10.1. The number of carbonyl (C=O) groups excluding carboxylic acids is 1. The van der Waals surface area contributed by atoms with Crippen molar-refractivity contribution in [2.75, 3.05) is 26.2 Å². The summed E-state index contributed by atoms with van der Waals surface area (Å²) in [5.41, 5.74) is 5.50. The average molecular weight is 471 g/mol. The third-order valence-electron chi connectivity index (χ3n) is 5.73. The van der Waals surface area contributed by atoms with Gasteiger partial charge in [0, 0.05) is 50.2 Å². The van der Waals surface area contributed by atoms with Gasteiger partial charge in [0.25, 0.3) is 0 Å².